The van der Waals surface area contributed by atoms with Gasteiger partial charge in [-0.2, -0.15) is 0 Å². The lowest BCUT2D eigenvalue weighted by molar-refractivity contribution is 0.249. The molecule has 0 saturated carbocycles. The van der Waals surface area contributed by atoms with Crippen LogP contribution in [0.2, 0.25) is 0 Å². The van der Waals surface area contributed by atoms with Crippen molar-refractivity contribution in [3.05, 3.63) is 13.2 Å². The Labute approximate surface area is 55.9 Å². The Kier molecular flexibility index (Phi) is 12.2. The van der Waals surface area contributed by atoms with E-state index in [1.54, 1.807) is 0 Å². The molecule has 3 nitrogen and oxygen atoms in total. The van der Waals surface area contributed by atoms with Crippen LogP contribution in [-0.2, 0) is 0 Å². The van der Waals surface area contributed by atoms with E-state index in [0.717, 1.165) is 6.42 Å². The van der Waals surface area contributed by atoms with Gasteiger partial charge in [-0.15, -0.1) is 13.2 Å². The quantitative estimate of drug-likeness (QED) is 0.535. The molecule has 0 saturated heterocycles. The molecular weight excluding hydrogens is 116 g/mol. The molecule has 0 unspecified atom stereocenters. The number of carbonyl (C=O) groups excluding carboxylic acids is 1. The van der Waals surface area contributed by atoms with E-state index in [0.29, 0.717) is 6.54 Å². The molecule has 0 atom stereocenters. The summed E-state index contributed by atoms with van der Waals surface area (Å²) in [4.78, 5) is 9.87. The zero-order valence-corrected chi connectivity index (χ0v) is 5.81. The molecular formula is C6H14N2O. The second-order valence-electron chi connectivity index (χ2n) is 1.29. The molecule has 3 heteroatoms. The summed E-state index contributed by atoms with van der Waals surface area (Å²) in [5, 5.41) is 2.43. The van der Waals surface area contributed by atoms with Gasteiger partial charge in [-0.25, -0.2) is 4.79 Å². The SMILES string of the molecule is C=C.CCCNC(N)=O. The van der Waals surface area contributed by atoms with Gasteiger partial charge >= 0.3 is 6.03 Å². The van der Waals surface area contributed by atoms with Gasteiger partial charge in [-0.3, -0.25) is 0 Å². The molecule has 0 aromatic carbocycles. The van der Waals surface area contributed by atoms with E-state index >= 15 is 0 Å². The third-order valence-electron chi connectivity index (χ3n) is 0.549. The molecule has 0 heterocycles. The van der Waals surface area contributed by atoms with Crippen molar-refractivity contribution in [2.24, 2.45) is 5.73 Å². The molecule has 0 aliphatic heterocycles. The summed E-state index contributed by atoms with van der Waals surface area (Å²) in [5.74, 6) is 0. The van der Waals surface area contributed by atoms with E-state index in [1.807, 2.05) is 6.92 Å². The molecule has 9 heavy (non-hydrogen) atoms. The van der Waals surface area contributed by atoms with Gasteiger partial charge in [0.05, 0.1) is 0 Å². The average molecular weight is 130 g/mol. The van der Waals surface area contributed by atoms with Gasteiger partial charge in [-0.1, -0.05) is 6.92 Å². The van der Waals surface area contributed by atoms with Gasteiger partial charge in [0.2, 0.25) is 0 Å². The zero-order valence-electron chi connectivity index (χ0n) is 5.81. The number of amides is 2. The number of carbonyl (C=O) groups is 1. The van der Waals surface area contributed by atoms with Crippen molar-refractivity contribution in [3.63, 3.8) is 0 Å². The molecule has 0 aromatic heterocycles. The van der Waals surface area contributed by atoms with Crippen LogP contribution >= 0.6 is 0 Å². The first-order valence-corrected chi connectivity index (χ1v) is 2.80. The Morgan fingerprint density at radius 3 is 2.22 bits per heavy atom. The summed E-state index contributed by atoms with van der Waals surface area (Å²) in [6.07, 6.45) is 0.933. The molecule has 0 fully saturated rings. The highest BCUT2D eigenvalue weighted by molar-refractivity contribution is 5.71. The first-order valence-electron chi connectivity index (χ1n) is 2.80. The lowest BCUT2D eigenvalue weighted by Crippen LogP contribution is -2.29. The maximum absolute atomic E-state index is 9.87. The summed E-state index contributed by atoms with van der Waals surface area (Å²) in [5.41, 5.74) is 4.73. The normalized spacial score (nSPS) is 6.78. The first-order chi connectivity index (χ1) is 4.27. The van der Waals surface area contributed by atoms with Gasteiger partial charge in [0.25, 0.3) is 0 Å². The standard InChI is InChI=1S/C4H10N2O.C2H4/c1-2-3-6-4(5)7;1-2/h2-3H2,1H3,(H3,5,6,7);1-2H2. The largest absolute Gasteiger partial charge is 0.352 e. The Bertz CT molecular complexity index is 73.5. The van der Waals surface area contributed by atoms with Crippen LogP contribution in [0.15, 0.2) is 13.2 Å². The van der Waals surface area contributed by atoms with Crippen LogP contribution in [0.25, 0.3) is 0 Å². The predicted octanol–water partition coefficient (Wildman–Crippen LogP) is 0.867. The smallest absolute Gasteiger partial charge is 0.312 e. The van der Waals surface area contributed by atoms with Crippen LogP contribution in [0.5, 0.6) is 0 Å². The highest BCUT2D eigenvalue weighted by atomic mass is 16.2. The fourth-order valence-corrected chi connectivity index (χ4v) is 0.248. The van der Waals surface area contributed by atoms with Gasteiger partial charge in [0.15, 0.2) is 0 Å². The molecule has 0 aliphatic rings. The molecule has 2 amide bonds. The lowest BCUT2D eigenvalue weighted by Gasteiger charge is -1.93. The number of nitrogens with one attached hydrogen (secondary N) is 1. The Hall–Kier alpha value is -0.990. The molecule has 0 rings (SSSR count). The van der Waals surface area contributed by atoms with Crippen LogP contribution in [-0.4, -0.2) is 12.6 Å². The summed E-state index contributed by atoms with van der Waals surface area (Å²) in [7, 11) is 0. The third kappa shape index (κ3) is 19.4. The van der Waals surface area contributed by atoms with Crippen LogP contribution in [0.4, 0.5) is 4.79 Å². The Morgan fingerprint density at radius 2 is 2.11 bits per heavy atom. The summed E-state index contributed by atoms with van der Waals surface area (Å²) in [6, 6.07) is -0.443. The van der Waals surface area contributed by atoms with Gasteiger partial charge in [0.1, 0.15) is 0 Å². The van der Waals surface area contributed by atoms with E-state index in [-0.39, 0.29) is 0 Å². The minimum absolute atomic E-state index is 0.443. The Balaban J connectivity index is 0. The van der Waals surface area contributed by atoms with E-state index < -0.39 is 6.03 Å². The van der Waals surface area contributed by atoms with Crippen molar-refractivity contribution in [1.29, 1.82) is 0 Å². The molecule has 0 aromatic rings. The summed E-state index contributed by atoms with van der Waals surface area (Å²) >= 11 is 0. The molecule has 0 radical (unpaired) electrons. The molecule has 0 aliphatic carbocycles. The van der Waals surface area contributed by atoms with Crippen LogP contribution < -0.4 is 11.1 Å². The second-order valence-corrected chi connectivity index (χ2v) is 1.29. The lowest BCUT2D eigenvalue weighted by atomic mass is 10.5. The topological polar surface area (TPSA) is 55.1 Å². The number of hydrogen-bond donors (Lipinski definition) is 2. The summed E-state index contributed by atoms with van der Waals surface area (Å²) < 4.78 is 0. The minimum Gasteiger partial charge on any atom is -0.352 e. The average Bonchev–Trinajstić information content (AvgIpc) is 1.88. The van der Waals surface area contributed by atoms with Gasteiger partial charge in [0, 0.05) is 6.54 Å². The van der Waals surface area contributed by atoms with Crippen LogP contribution in [0, 0.1) is 0 Å². The van der Waals surface area contributed by atoms with Crippen molar-refractivity contribution < 1.29 is 4.79 Å². The Morgan fingerprint density at radius 1 is 1.67 bits per heavy atom. The monoisotopic (exact) mass is 130 g/mol. The van der Waals surface area contributed by atoms with E-state index in [9.17, 15) is 4.79 Å². The molecule has 3 N–H and O–H groups in total. The molecule has 0 spiro atoms. The highest BCUT2D eigenvalue weighted by Gasteiger charge is 1.83. The fraction of sp³-hybridized carbons (Fsp3) is 0.500. The van der Waals surface area contributed by atoms with E-state index in [1.165, 1.54) is 0 Å². The maximum atomic E-state index is 9.87. The molecule has 54 valence electrons. The minimum atomic E-state index is -0.443. The first kappa shape index (κ1) is 10.9. The summed E-state index contributed by atoms with van der Waals surface area (Å²) in [6.45, 7) is 8.64. The van der Waals surface area contributed by atoms with Crippen LogP contribution in [0.3, 0.4) is 0 Å². The number of primary amides is 1. The predicted molar refractivity (Wildman–Crippen MR) is 39.1 cm³/mol. The maximum Gasteiger partial charge on any atom is 0.312 e. The number of nitrogens with two attached hydrogens (primary N) is 1. The zero-order chi connectivity index (χ0) is 7.70. The van der Waals surface area contributed by atoms with Crippen molar-refractivity contribution in [1.82, 2.24) is 5.32 Å². The van der Waals surface area contributed by atoms with Crippen molar-refractivity contribution >= 4 is 6.03 Å². The van der Waals surface area contributed by atoms with Gasteiger partial charge < -0.3 is 11.1 Å². The second kappa shape index (κ2) is 10.1. The molecule has 0 bridgehead atoms. The number of rotatable bonds is 2. The van der Waals surface area contributed by atoms with E-state index in [4.69, 9.17) is 5.73 Å². The van der Waals surface area contributed by atoms with Crippen molar-refractivity contribution in [2.45, 2.75) is 13.3 Å². The number of hydrogen-bond acceptors (Lipinski definition) is 1. The van der Waals surface area contributed by atoms with E-state index in [2.05, 4.69) is 18.5 Å². The van der Waals surface area contributed by atoms with Crippen molar-refractivity contribution in [3.8, 4) is 0 Å². The number of urea groups is 1. The van der Waals surface area contributed by atoms with Gasteiger partial charge in [-0.05, 0) is 6.42 Å². The van der Waals surface area contributed by atoms with Crippen LogP contribution in [0.1, 0.15) is 13.3 Å². The fourth-order valence-electron chi connectivity index (χ4n) is 0.248. The third-order valence-corrected chi connectivity index (χ3v) is 0.549. The highest BCUT2D eigenvalue weighted by Crippen LogP contribution is 1.66. The van der Waals surface area contributed by atoms with Crippen molar-refractivity contribution in [2.75, 3.05) is 6.54 Å².